The molecule has 0 saturated heterocycles. The summed E-state index contributed by atoms with van der Waals surface area (Å²) in [7, 11) is 1.62. The van der Waals surface area contributed by atoms with E-state index in [0.29, 0.717) is 31.2 Å². The monoisotopic (exact) mass is 400 g/mol. The molecule has 0 fully saturated rings. The fourth-order valence-electron chi connectivity index (χ4n) is 2.88. The first-order valence-electron chi connectivity index (χ1n) is 9.21. The van der Waals surface area contributed by atoms with Gasteiger partial charge in [0.15, 0.2) is 0 Å². The normalized spacial score (nSPS) is 13.0. The van der Waals surface area contributed by atoms with Gasteiger partial charge in [0.1, 0.15) is 12.4 Å². The van der Waals surface area contributed by atoms with Crippen molar-refractivity contribution < 1.29 is 19.1 Å². The molecule has 0 radical (unpaired) electrons. The van der Waals surface area contributed by atoms with Crippen molar-refractivity contribution in [1.29, 1.82) is 0 Å². The molecular weight excluding hydrogens is 376 g/mol. The van der Waals surface area contributed by atoms with E-state index in [2.05, 4.69) is 5.32 Å². The summed E-state index contributed by atoms with van der Waals surface area (Å²) < 4.78 is 10.4. The SMILES string of the molecule is COCCOc1ccc(NC(=O)CCC(=O)N2CCSc3ccccc32)cc1. The van der Waals surface area contributed by atoms with Crippen LogP contribution in [-0.2, 0) is 14.3 Å². The van der Waals surface area contributed by atoms with Gasteiger partial charge in [0.05, 0.1) is 12.3 Å². The summed E-state index contributed by atoms with van der Waals surface area (Å²) in [5, 5.41) is 2.82. The molecule has 1 aliphatic rings. The van der Waals surface area contributed by atoms with Crippen molar-refractivity contribution in [3.63, 3.8) is 0 Å². The Kier molecular flexibility index (Phi) is 7.33. The topological polar surface area (TPSA) is 67.9 Å². The van der Waals surface area contributed by atoms with Crippen LogP contribution in [0.1, 0.15) is 12.8 Å². The number of hydrogen-bond acceptors (Lipinski definition) is 5. The van der Waals surface area contributed by atoms with Crippen LogP contribution in [0.5, 0.6) is 5.75 Å². The molecule has 7 heteroatoms. The smallest absolute Gasteiger partial charge is 0.227 e. The summed E-state index contributed by atoms with van der Waals surface area (Å²) in [5.74, 6) is 1.38. The van der Waals surface area contributed by atoms with Crippen LogP contribution in [0.25, 0.3) is 0 Å². The van der Waals surface area contributed by atoms with E-state index in [4.69, 9.17) is 9.47 Å². The van der Waals surface area contributed by atoms with Crippen LogP contribution in [0.3, 0.4) is 0 Å². The predicted octanol–water partition coefficient (Wildman–Crippen LogP) is 3.57. The maximum absolute atomic E-state index is 12.6. The maximum Gasteiger partial charge on any atom is 0.227 e. The molecule has 0 aromatic heterocycles. The van der Waals surface area contributed by atoms with Crippen LogP contribution in [-0.4, -0.2) is 44.4 Å². The minimum absolute atomic E-state index is 0.0233. The molecular formula is C21H24N2O4S. The quantitative estimate of drug-likeness (QED) is 0.686. The zero-order valence-electron chi connectivity index (χ0n) is 15.8. The Balaban J connectivity index is 1.47. The first kappa shape index (κ1) is 20.2. The van der Waals surface area contributed by atoms with E-state index in [1.165, 1.54) is 0 Å². The molecule has 1 aliphatic heterocycles. The number of anilines is 2. The number of rotatable bonds is 8. The highest BCUT2D eigenvalue weighted by molar-refractivity contribution is 7.99. The molecule has 0 bridgehead atoms. The number of methoxy groups -OCH3 is 1. The summed E-state index contributed by atoms with van der Waals surface area (Å²) in [6.07, 6.45) is 0.333. The van der Waals surface area contributed by atoms with Crippen LogP contribution >= 0.6 is 11.8 Å². The number of nitrogens with one attached hydrogen (secondary N) is 1. The molecule has 0 aliphatic carbocycles. The second-order valence-corrected chi connectivity index (χ2v) is 7.41. The Morgan fingerprint density at radius 3 is 2.64 bits per heavy atom. The highest BCUT2D eigenvalue weighted by Crippen LogP contribution is 2.34. The van der Waals surface area contributed by atoms with Crippen LogP contribution in [0, 0.1) is 0 Å². The minimum atomic E-state index is -0.180. The largest absolute Gasteiger partial charge is 0.491 e. The van der Waals surface area contributed by atoms with Crippen molar-refractivity contribution in [1.82, 2.24) is 0 Å². The van der Waals surface area contributed by atoms with Crippen LogP contribution in [0.15, 0.2) is 53.4 Å². The fourth-order valence-corrected chi connectivity index (χ4v) is 3.88. The lowest BCUT2D eigenvalue weighted by Crippen LogP contribution is -2.35. The van der Waals surface area contributed by atoms with Crippen molar-refractivity contribution >= 4 is 35.0 Å². The van der Waals surface area contributed by atoms with Gasteiger partial charge in [0.25, 0.3) is 0 Å². The number of thioether (sulfide) groups is 1. The maximum atomic E-state index is 12.6. The van der Waals surface area contributed by atoms with Crippen LogP contribution in [0.4, 0.5) is 11.4 Å². The number of amides is 2. The molecule has 6 nitrogen and oxygen atoms in total. The highest BCUT2D eigenvalue weighted by Gasteiger charge is 2.22. The minimum Gasteiger partial charge on any atom is -0.491 e. The van der Waals surface area contributed by atoms with Gasteiger partial charge in [-0.05, 0) is 36.4 Å². The Hall–Kier alpha value is -2.51. The number of carbonyl (C=O) groups excluding carboxylic acids is 2. The zero-order chi connectivity index (χ0) is 19.8. The van der Waals surface area contributed by atoms with E-state index < -0.39 is 0 Å². The Morgan fingerprint density at radius 1 is 1.07 bits per heavy atom. The molecule has 1 heterocycles. The Bertz CT molecular complexity index is 810. The van der Waals surface area contributed by atoms with Gasteiger partial charge >= 0.3 is 0 Å². The molecule has 28 heavy (non-hydrogen) atoms. The summed E-state index contributed by atoms with van der Waals surface area (Å²) >= 11 is 1.75. The fraction of sp³-hybridized carbons (Fsp3) is 0.333. The van der Waals surface area contributed by atoms with Gasteiger partial charge in [-0.1, -0.05) is 12.1 Å². The third-order valence-electron chi connectivity index (χ3n) is 4.29. The Labute approximate surface area is 169 Å². The number of benzene rings is 2. The Morgan fingerprint density at radius 2 is 1.86 bits per heavy atom. The molecule has 2 aromatic carbocycles. The number of para-hydroxylation sites is 1. The van der Waals surface area contributed by atoms with E-state index >= 15 is 0 Å². The van der Waals surface area contributed by atoms with Gasteiger partial charge in [-0.15, -0.1) is 11.8 Å². The predicted molar refractivity (Wildman–Crippen MR) is 111 cm³/mol. The molecule has 0 atom stereocenters. The number of hydrogen-bond donors (Lipinski definition) is 1. The van der Waals surface area contributed by atoms with Gasteiger partial charge in [-0.25, -0.2) is 0 Å². The number of fused-ring (bicyclic) bond motifs is 1. The average molecular weight is 401 g/mol. The van der Waals surface area contributed by atoms with Gasteiger partial charge in [-0.3, -0.25) is 9.59 Å². The van der Waals surface area contributed by atoms with Gasteiger partial charge in [0.2, 0.25) is 11.8 Å². The summed E-state index contributed by atoms with van der Waals surface area (Å²) in [6.45, 7) is 1.67. The third kappa shape index (κ3) is 5.50. The van der Waals surface area contributed by atoms with Crippen molar-refractivity contribution in [3.05, 3.63) is 48.5 Å². The molecule has 148 valence electrons. The summed E-state index contributed by atoms with van der Waals surface area (Å²) in [4.78, 5) is 27.7. The number of ether oxygens (including phenoxy) is 2. The molecule has 0 spiro atoms. The highest BCUT2D eigenvalue weighted by atomic mass is 32.2. The third-order valence-corrected chi connectivity index (χ3v) is 5.33. The lowest BCUT2D eigenvalue weighted by molar-refractivity contribution is -0.122. The van der Waals surface area contributed by atoms with Crippen molar-refractivity contribution in [2.24, 2.45) is 0 Å². The molecule has 2 amide bonds. The van der Waals surface area contributed by atoms with Gasteiger partial charge in [0, 0.05) is 42.8 Å². The zero-order valence-corrected chi connectivity index (χ0v) is 16.7. The van der Waals surface area contributed by atoms with Crippen LogP contribution < -0.4 is 15.0 Å². The first-order valence-corrected chi connectivity index (χ1v) is 10.2. The lowest BCUT2D eigenvalue weighted by atomic mass is 10.2. The second-order valence-electron chi connectivity index (χ2n) is 6.28. The van der Waals surface area contributed by atoms with Crippen molar-refractivity contribution in [3.8, 4) is 5.75 Å². The van der Waals surface area contributed by atoms with E-state index in [-0.39, 0.29) is 24.7 Å². The standard InChI is InChI=1S/C21H24N2O4S/c1-26-13-14-27-17-8-6-16(7-9-17)22-20(24)10-11-21(25)23-12-15-28-19-5-3-2-4-18(19)23/h2-9H,10-15H2,1H3,(H,22,24). The van der Waals surface area contributed by atoms with Gasteiger partial charge < -0.3 is 19.7 Å². The summed E-state index contributed by atoms with van der Waals surface area (Å²) in [5.41, 5.74) is 1.62. The van der Waals surface area contributed by atoms with E-state index in [1.807, 2.05) is 24.3 Å². The van der Waals surface area contributed by atoms with E-state index in [1.54, 1.807) is 48.0 Å². The molecule has 3 rings (SSSR count). The van der Waals surface area contributed by atoms with E-state index in [9.17, 15) is 9.59 Å². The lowest BCUT2D eigenvalue weighted by Gasteiger charge is -2.29. The number of nitrogens with zero attached hydrogens (tertiary/aromatic N) is 1. The van der Waals surface area contributed by atoms with Crippen molar-refractivity contribution in [2.75, 3.05) is 42.8 Å². The molecule has 0 saturated carbocycles. The molecule has 1 N–H and O–H groups in total. The van der Waals surface area contributed by atoms with Gasteiger partial charge in [-0.2, -0.15) is 0 Å². The van der Waals surface area contributed by atoms with Crippen molar-refractivity contribution in [2.45, 2.75) is 17.7 Å². The average Bonchev–Trinajstić information content (AvgIpc) is 2.73. The van der Waals surface area contributed by atoms with E-state index in [0.717, 1.165) is 16.3 Å². The van der Waals surface area contributed by atoms with Crippen LogP contribution in [0.2, 0.25) is 0 Å². The summed E-state index contributed by atoms with van der Waals surface area (Å²) in [6, 6.07) is 15.0. The molecule has 0 unspecified atom stereocenters. The number of carbonyl (C=O) groups is 2. The second kappa shape index (κ2) is 10.1. The molecule has 2 aromatic rings. The first-order chi connectivity index (χ1) is 13.7.